The number of benzene rings is 2. The highest BCUT2D eigenvalue weighted by Gasteiger charge is 2.06. The number of hydrazone groups is 1. The number of rotatable bonds is 6. The normalized spacial score (nSPS) is 11.1. The molecule has 7 heteroatoms. The number of nitrogens with zero attached hydrogens (tertiary/aromatic N) is 5. The Morgan fingerprint density at radius 1 is 1.12 bits per heavy atom. The van der Waals surface area contributed by atoms with Crippen molar-refractivity contribution in [3.8, 4) is 5.69 Å². The fraction of sp³-hybridized carbons (Fsp3) is 0.176. The van der Waals surface area contributed by atoms with Crippen LogP contribution in [0.2, 0.25) is 5.02 Å². The van der Waals surface area contributed by atoms with Crippen LogP contribution in [0.4, 0.5) is 5.69 Å². The lowest BCUT2D eigenvalue weighted by atomic mass is 10.1. The maximum Gasteiger partial charge on any atom is 0.162 e. The van der Waals surface area contributed by atoms with Crippen molar-refractivity contribution in [2.45, 2.75) is 19.8 Å². The highest BCUT2D eigenvalue weighted by molar-refractivity contribution is 6.30. The van der Waals surface area contributed by atoms with Crippen molar-refractivity contribution < 1.29 is 0 Å². The Balaban J connectivity index is 1.64. The molecule has 3 rings (SSSR count). The highest BCUT2D eigenvalue weighted by atomic mass is 35.5. The first-order chi connectivity index (χ1) is 11.8. The van der Waals surface area contributed by atoms with Crippen LogP contribution in [0.15, 0.2) is 53.6 Å². The summed E-state index contributed by atoms with van der Waals surface area (Å²) in [7, 11) is 0. The Hall–Kier alpha value is -2.73. The SMILES string of the molecule is CCc1ccc(-n2nnnc2CC=NNc2ccc(Cl)cc2)cc1. The first kappa shape index (κ1) is 16.1. The molecule has 3 aromatic rings. The van der Waals surface area contributed by atoms with E-state index in [4.69, 9.17) is 11.6 Å². The van der Waals surface area contributed by atoms with Crippen molar-refractivity contribution in [1.29, 1.82) is 0 Å². The Labute approximate surface area is 145 Å². The van der Waals surface area contributed by atoms with E-state index in [1.54, 1.807) is 23.0 Å². The number of anilines is 1. The molecule has 0 amide bonds. The van der Waals surface area contributed by atoms with E-state index in [0.717, 1.165) is 23.6 Å². The predicted octanol–water partition coefficient (Wildman–Crippen LogP) is 3.52. The standard InChI is InChI=1S/C17H17ClN6/c1-2-13-3-9-16(10-4-13)24-17(21-22-23-24)11-12-19-20-15-7-5-14(18)6-8-15/h3-10,12,20H,2,11H2,1H3. The minimum atomic E-state index is 0.517. The lowest BCUT2D eigenvalue weighted by molar-refractivity contribution is 0.775. The molecular weight excluding hydrogens is 324 g/mol. The summed E-state index contributed by atoms with van der Waals surface area (Å²) in [5.74, 6) is 0.723. The van der Waals surface area contributed by atoms with Gasteiger partial charge in [-0.15, -0.1) is 5.10 Å². The maximum atomic E-state index is 5.84. The molecular formula is C17H17ClN6. The second-order valence-corrected chi connectivity index (χ2v) is 5.60. The summed E-state index contributed by atoms with van der Waals surface area (Å²) in [6, 6.07) is 15.5. The lowest BCUT2D eigenvalue weighted by Crippen LogP contribution is -2.04. The summed E-state index contributed by atoms with van der Waals surface area (Å²) in [4.78, 5) is 0. The van der Waals surface area contributed by atoms with Crippen LogP contribution < -0.4 is 5.43 Å². The Morgan fingerprint density at radius 2 is 1.88 bits per heavy atom. The molecule has 0 fully saturated rings. The van der Waals surface area contributed by atoms with Gasteiger partial charge in [-0.2, -0.15) is 9.78 Å². The van der Waals surface area contributed by atoms with Crippen LogP contribution in [0.3, 0.4) is 0 Å². The number of hydrogen-bond acceptors (Lipinski definition) is 5. The molecule has 0 aliphatic heterocycles. The van der Waals surface area contributed by atoms with Crippen LogP contribution in [0.5, 0.6) is 0 Å². The van der Waals surface area contributed by atoms with E-state index in [9.17, 15) is 0 Å². The van der Waals surface area contributed by atoms with E-state index in [0.29, 0.717) is 11.4 Å². The van der Waals surface area contributed by atoms with E-state index >= 15 is 0 Å². The number of halogens is 1. The van der Waals surface area contributed by atoms with Gasteiger partial charge in [-0.05, 0) is 58.8 Å². The van der Waals surface area contributed by atoms with Crippen molar-refractivity contribution in [2.75, 3.05) is 5.43 Å². The van der Waals surface area contributed by atoms with Gasteiger partial charge in [-0.1, -0.05) is 30.7 Å². The van der Waals surface area contributed by atoms with Gasteiger partial charge in [0.05, 0.1) is 11.4 Å². The van der Waals surface area contributed by atoms with Crippen LogP contribution in [0.1, 0.15) is 18.3 Å². The van der Waals surface area contributed by atoms with Gasteiger partial charge < -0.3 is 0 Å². The first-order valence-corrected chi connectivity index (χ1v) is 8.03. The zero-order valence-electron chi connectivity index (χ0n) is 13.2. The van der Waals surface area contributed by atoms with E-state index in [-0.39, 0.29) is 0 Å². The monoisotopic (exact) mass is 340 g/mol. The number of aromatic nitrogens is 4. The van der Waals surface area contributed by atoms with Crippen molar-refractivity contribution >= 4 is 23.5 Å². The topological polar surface area (TPSA) is 68.0 Å². The molecule has 0 unspecified atom stereocenters. The van der Waals surface area contributed by atoms with Crippen LogP contribution in [-0.4, -0.2) is 26.4 Å². The number of aryl methyl sites for hydroxylation is 1. The third-order valence-electron chi connectivity index (χ3n) is 3.53. The van der Waals surface area contributed by atoms with Gasteiger partial charge in [-0.3, -0.25) is 5.43 Å². The van der Waals surface area contributed by atoms with E-state index < -0.39 is 0 Å². The van der Waals surface area contributed by atoms with Gasteiger partial charge >= 0.3 is 0 Å². The van der Waals surface area contributed by atoms with Gasteiger partial charge in [0.1, 0.15) is 0 Å². The van der Waals surface area contributed by atoms with E-state index in [1.165, 1.54) is 5.56 Å². The van der Waals surface area contributed by atoms with Gasteiger partial charge in [0.15, 0.2) is 5.82 Å². The molecule has 0 bridgehead atoms. The molecule has 1 heterocycles. The van der Waals surface area contributed by atoms with Crippen molar-refractivity contribution in [2.24, 2.45) is 5.10 Å². The number of nitrogens with one attached hydrogen (secondary N) is 1. The van der Waals surface area contributed by atoms with Crippen LogP contribution >= 0.6 is 11.6 Å². The van der Waals surface area contributed by atoms with Gasteiger partial charge in [0.2, 0.25) is 0 Å². The molecule has 24 heavy (non-hydrogen) atoms. The molecule has 0 radical (unpaired) electrons. The fourth-order valence-corrected chi connectivity index (χ4v) is 2.30. The quantitative estimate of drug-likeness (QED) is 0.550. The van der Waals surface area contributed by atoms with Crippen molar-refractivity contribution in [3.05, 3.63) is 64.9 Å². The Morgan fingerprint density at radius 3 is 2.58 bits per heavy atom. The lowest BCUT2D eigenvalue weighted by Gasteiger charge is -2.04. The second-order valence-electron chi connectivity index (χ2n) is 5.16. The van der Waals surface area contributed by atoms with Gasteiger partial charge in [0, 0.05) is 17.7 Å². The van der Waals surface area contributed by atoms with E-state index in [1.807, 2.05) is 24.3 Å². The molecule has 0 saturated carbocycles. The zero-order chi connectivity index (χ0) is 16.8. The molecule has 0 spiro atoms. The molecule has 6 nitrogen and oxygen atoms in total. The summed E-state index contributed by atoms with van der Waals surface area (Å²) < 4.78 is 1.72. The fourth-order valence-electron chi connectivity index (χ4n) is 2.18. The second kappa shape index (κ2) is 7.70. The predicted molar refractivity (Wildman–Crippen MR) is 95.8 cm³/mol. The smallest absolute Gasteiger partial charge is 0.162 e. The molecule has 122 valence electrons. The summed E-state index contributed by atoms with van der Waals surface area (Å²) in [6.07, 6.45) is 3.26. The van der Waals surface area contributed by atoms with E-state index in [2.05, 4.69) is 45.1 Å². The molecule has 0 saturated heterocycles. The molecule has 1 aromatic heterocycles. The average molecular weight is 341 g/mol. The third kappa shape index (κ3) is 3.97. The summed E-state index contributed by atoms with van der Waals surface area (Å²) in [5, 5.41) is 16.7. The molecule has 1 N–H and O–H groups in total. The number of hydrogen-bond donors (Lipinski definition) is 1. The van der Waals surface area contributed by atoms with Crippen molar-refractivity contribution in [1.82, 2.24) is 20.2 Å². The summed E-state index contributed by atoms with van der Waals surface area (Å²) in [5.41, 5.74) is 6.02. The average Bonchev–Trinajstić information content (AvgIpc) is 3.09. The largest absolute Gasteiger partial charge is 0.279 e. The first-order valence-electron chi connectivity index (χ1n) is 7.66. The number of tetrazole rings is 1. The minimum Gasteiger partial charge on any atom is -0.279 e. The molecule has 0 atom stereocenters. The van der Waals surface area contributed by atoms with Crippen LogP contribution in [0.25, 0.3) is 5.69 Å². The summed E-state index contributed by atoms with van der Waals surface area (Å²) in [6.45, 7) is 2.13. The van der Waals surface area contributed by atoms with Crippen LogP contribution in [0, 0.1) is 0 Å². The summed E-state index contributed by atoms with van der Waals surface area (Å²) >= 11 is 5.84. The molecule has 0 aliphatic carbocycles. The van der Waals surface area contributed by atoms with Crippen molar-refractivity contribution in [3.63, 3.8) is 0 Å². The molecule has 0 aliphatic rings. The Kier molecular flexibility index (Phi) is 5.18. The minimum absolute atomic E-state index is 0.517. The van der Waals surface area contributed by atoms with Crippen LogP contribution in [-0.2, 0) is 12.8 Å². The maximum absolute atomic E-state index is 5.84. The van der Waals surface area contributed by atoms with Gasteiger partial charge in [-0.25, -0.2) is 0 Å². The highest BCUT2D eigenvalue weighted by Crippen LogP contribution is 2.13. The zero-order valence-corrected chi connectivity index (χ0v) is 14.0. The Bertz CT molecular complexity index is 808. The molecule has 2 aromatic carbocycles. The third-order valence-corrected chi connectivity index (χ3v) is 3.78. The van der Waals surface area contributed by atoms with Gasteiger partial charge in [0.25, 0.3) is 0 Å².